The van der Waals surface area contributed by atoms with E-state index in [-0.39, 0.29) is 0 Å². The number of nitrogens with one attached hydrogen (secondary N) is 2. The van der Waals surface area contributed by atoms with Crippen LogP contribution in [0.2, 0.25) is 0 Å². The molecular formula is C12H25N3S. The van der Waals surface area contributed by atoms with Gasteiger partial charge in [-0.3, -0.25) is 0 Å². The minimum Gasteiger partial charge on any atom is -0.362 e. The number of nitrogens with zero attached hydrogens (tertiary/aromatic N) is 1. The monoisotopic (exact) mass is 243 g/mol. The molecule has 0 spiro atoms. The summed E-state index contributed by atoms with van der Waals surface area (Å²) < 4.78 is 0. The van der Waals surface area contributed by atoms with Crippen LogP contribution in [0, 0.1) is 11.8 Å². The van der Waals surface area contributed by atoms with E-state index in [1.54, 1.807) is 0 Å². The summed E-state index contributed by atoms with van der Waals surface area (Å²) in [6.45, 7) is 8.80. The van der Waals surface area contributed by atoms with Gasteiger partial charge in [0, 0.05) is 13.1 Å². The lowest BCUT2D eigenvalue weighted by atomic mass is 9.97. The molecule has 0 amide bonds. The van der Waals surface area contributed by atoms with Gasteiger partial charge >= 0.3 is 0 Å². The second-order valence-corrected chi connectivity index (χ2v) is 5.64. The van der Waals surface area contributed by atoms with E-state index in [0.717, 1.165) is 24.1 Å². The van der Waals surface area contributed by atoms with Crippen LogP contribution in [0.4, 0.5) is 0 Å². The van der Waals surface area contributed by atoms with Crippen LogP contribution in [0.5, 0.6) is 0 Å². The molecule has 1 fully saturated rings. The summed E-state index contributed by atoms with van der Waals surface area (Å²) in [5.74, 6) is 1.43. The second kappa shape index (κ2) is 7.07. The normalized spacial score (nSPS) is 18.8. The van der Waals surface area contributed by atoms with Crippen LogP contribution in [-0.2, 0) is 0 Å². The third-order valence-corrected chi connectivity index (χ3v) is 3.35. The van der Waals surface area contributed by atoms with Crippen LogP contribution in [0.3, 0.4) is 0 Å². The van der Waals surface area contributed by atoms with E-state index in [4.69, 9.17) is 12.2 Å². The van der Waals surface area contributed by atoms with Gasteiger partial charge in [-0.1, -0.05) is 13.8 Å². The summed E-state index contributed by atoms with van der Waals surface area (Å²) in [4.78, 5) is 2.39. The van der Waals surface area contributed by atoms with Gasteiger partial charge in [-0.2, -0.15) is 0 Å². The molecule has 0 aromatic carbocycles. The highest BCUT2D eigenvalue weighted by molar-refractivity contribution is 7.80. The zero-order valence-electron chi connectivity index (χ0n) is 10.8. The van der Waals surface area contributed by atoms with E-state index < -0.39 is 0 Å². The van der Waals surface area contributed by atoms with Crippen molar-refractivity contribution in [2.75, 3.05) is 33.2 Å². The molecule has 1 aliphatic rings. The summed E-state index contributed by atoms with van der Waals surface area (Å²) in [7, 11) is 2.19. The minimum absolute atomic E-state index is 0.642. The smallest absolute Gasteiger partial charge is 0.166 e. The fourth-order valence-electron chi connectivity index (χ4n) is 1.86. The zero-order chi connectivity index (χ0) is 12.0. The van der Waals surface area contributed by atoms with Gasteiger partial charge in [-0.15, -0.1) is 0 Å². The van der Waals surface area contributed by atoms with E-state index in [1.165, 1.54) is 25.9 Å². The summed E-state index contributed by atoms with van der Waals surface area (Å²) >= 11 is 5.23. The Morgan fingerprint density at radius 3 is 2.50 bits per heavy atom. The average molecular weight is 243 g/mol. The maximum Gasteiger partial charge on any atom is 0.166 e. The van der Waals surface area contributed by atoms with E-state index in [0.29, 0.717) is 5.92 Å². The van der Waals surface area contributed by atoms with Gasteiger partial charge < -0.3 is 15.5 Å². The predicted octanol–water partition coefficient (Wildman–Crippen LogP) is 1.45. The summed E-state index contributed by atoms with van der Waals surface area (Å²) in [6.07, 6.45) is 2.58. The third kappa shape index (κ3) is 5.66. The molecule has 1 rings (SSSR count). The number of piperidine rings is 1. The maximum atomic E-state index is 5.23. The van der Waals surface area contributed by atoms with Gasteiger partial charge in [0.15, 0.2) is 5.11 Å². The van der Waals surface area contributed by atoms with Gasteiger partial charge in [0.25, 0.3) is 0 Å². The van der Waals surface area contributed by atoms with Crippen molar-refractivity contribution in [3.05, 3.63) is 0 Å². The SMILES string of the molecule is CC(C)CNC(=S)NCC1CCN(C)CC1. The Kier molecular flexibility index (Phi) is 6.06. The molecule has 0 aromatic heterocycles. The number of rotatable bonds is 4. The maximum absolute atomic E-state index is 5.23. The van der Waals surface area contributed by atoms with Crippen LogP contribution < -0.4 is 10.6 Å². The number of thiocarbonyl (C=S) groups is 1. The number of likely N-dealkylation sites (tertiary alicyclic amines) is 1. The molecule has 0 aliphatic carbocycles. The van der Waals surface area contributed by atoms with Crippen LogP contribution >= 0.6 is 12.2 Å². The number of hydrogen-bond acceptors (Lipinski definition) is 2. The highest BCUT2D eigenvalue weighted by Crippen LogP contribution is 2.14. The van der Waals surface area contributed by atoms with Crippen LogP contribution in [0.1, 0.15) is 26.7 Å². The van der Waals surface area contributed by atoms with Crippen molar-refractivity contribution in [3.8, 4) is 0 Å². The fraction of sp³-hybridized carbons (Fsp3) is 0.917. The second-order valence-electron chi connectivity index (χ2n) is 5.23. The van der Waals surface area contributed by atoms with Gasteiger partial charge in [-0.25, -0.2) is 0 Å². The topological polar surface area (TPSA) is 27.3 Å². The standard InChI is InChI=1S/C12H25N3S/c1-10(2)8-13-12(16)14-9-11-4-6-15(3)7-5-11/h10-11H,4-9H2,1-3H3,(H2,13,14,16). The molecule has 4 heteroatoms. The largest absolute Gasteiger partial charge is 0.362 e. The highest BCUT2D eigenvalue weighted by Gasteiger charge is 2.16. The van der Waals surface area contributed by atoms with Crippen molar-refractivity contribution >= 4 is 17.3 Å². The van der Waals surface area contributed by atoms with Crippen LogP contribution in [0.15, 0.2) is 0 Å². The first-order valence-electron chi connectivity index (χ1n) is 6.28. The molecule has 0 radical (unpaired) electrons. The van der Waals surface area contributed by atoms with E-state index in [2.05, 4.69) is 36.4 Å². The Labute approximate surface area is 105 Å². The zero-order valence-corrected chi connectivity index (χ0v) is 11.6. The van der Waals surface area contributed by atoms with Crippen LogP contribution in [0.25, 0.3) is 0 Å². The van der Waals surface area contributed by atoms with E-state index in [1.807, 2.05) is 0 Å². The predicted molar refractivity (Wildman–Crippen MR) is 73.7 cm³/mol. The van der Waals surface area contributed by atoms with Crippen molar-refractivity contribution < 1.29 is 0 Å². The van der Waals surface area contributed by atoms with Gasteiger partial charge in [-0.05, 0) is 57.0 Å². The molecular weight excluding hydrogens is 218 g/mol. The van der Waals surface area contributed by atoms with Crippen molar-refractivity contribution in [1.29, 1.82) is 0 Å². The lowest BCUT2D eigenvalue weighted by Gasteiger charge is -2.29. The van der Waals surface area contributed by atoms with Crippen molar-refractivity contribution in [3.63, 3.8) is 0 Å². The Balaban J connectivity index is 2.07. The van der Waals surface area contributed by atoms with Crippen molar-refractivity contribution in [2.24, 2.45) is 11.8 Å². The first kappa shape index (κ1) is 13.7. The Morgan fingerprint density at radius 1 is 1.31 bits per heavy atom. The average Bonchev–Trinajstić information content (AvgIpc) is 2.25. The number of hydrogen-bond donors (Lipinski definition) is 2. The lowest BCUT2D eigenvalue weighted by molar-refractivity contribution is 0.220. The molecule has 2 N–H and O–H groups in total. The Morgan fingerprint density at radius 2 is 1.94 bits per heavy atom. The summed E-state index contributed by atoms with van der Waals surface area (Å²) in [6, 6.07) is 0. The lowest BCUT2D eigenvalue weighted by Crippen LogP contribution is -2.41. The highest BCUT2D eigenvalue weighted by atomic mass is 32.1. The molecule has 1 heterocycles. The molecule has 0 unspecified atom stereocenters. The molecule has 16 heavy (non-hydrogen) atoms. The summed E-state index contributed by atoms with van der Waals surface area (Å²) in [5.41, 5.74) is 0. The van der Waals surface area contributed by atoms with Gasteiger partial charge in [0.1, 0.15) is 0 Å². The molecule has 1 saturated heterocycles. The molecule has 0 bridgehead atoms. The first-order chi connectivity index (χ1) is 7.58. The molecule has 0 aromatic rings. The Bertz CT molecular complexity index is 210. The van der Waals surface area contributed by atoms with Crippen molar-refractivity contribution in [2.45, 2.75) is 26.7 Å². The third-order valence-electron chi connectivity index (χ3n) is 3.06. The van der Waals surface area contributed by atoms with Crippen LogP contribution in [-0.4, -0.2) is 43.2 Å². The molecule has 0 saturated carbocycles. The quantitative estimate of drug-likeness (QED) is 0.731. The Hall–Kier alpha value is -0.350. The molecule has 1 aliphatic heterocycles. The van der Waals surface area contributed by atoms with Gasteiger partial charge in [0.05, 0.1) is 0 Å². The molecule has 94 valence electrons. The molecule has 0 atom stereocenters. The first-order valence-corrected chi connectivity index (χ1v) is 6.69. The van der Waals surface area contributed by atoms with Crippen molar-refractivity contribution in [1.82, 2.24) is 15.5 Å². The van der Waals surface area contributed by atoms with Gasteiger partial charge in [0.2, 0.25) is 0 Å². The van der Waals surface area contributed by atoms with E-state index >= 15 is 0 Å². The summed E-state index contributed by atoms with van der Waals surface area (Å²) in [5, 5.41) is 7.38. The molecule has 3 nitrogen and oxygen atoms in total. The fourth-order valence-corrected chi connectivity index (χ4v) is 2.03. The minimum atomic E-state index is 0.642. The van der Waals surface area contributed by atoms with E-state index in [9.17, 15) is 0 Å².